The molecule has 0 amide bonds. The van der Waals surface area contributed by atoms with E-state index in [1.54, 1.807) is 6.20 Å². The number of hydrogen-bond donors (Lipinski definition) is 1. The van der Waals surface area contributed by atoms with E-state index < -0.39 is 0 Å². The number of aryl methyl sites for hydroxylation is 1. The summed E-state index contributed by atoms with van der Waals surface area (Å²) in [5.74, 6) is 0. The molecule has 0 radical (unpaired) electrons. The predicted octanol–water partition coefficient (Wildman–Crippen LogP) is 2.39. The number of nitrogens with one attached hydrogen (secondary N) is 1. The molecular formula is C9H16N2. The Bertz CT molecular complexity index is 194. The van der Waals surface area contributed by atoms with Crippen molar-refractivity contribution >= 4 is 0 Å². The Kier molecular flexibility index (Phi) is 2.32. The molecule has 0 unspecified atom stereocenters. The van der Waals surface area contributed by atoms with E-state index in [0.29, 0.717) is 5.41 Å². The number of aromatic nitrogens is 2. The second-order valence-electron chi connectivity index (χ2n) is 4.14. The molecule has 0 aliphatic carbocycles. The fourth-order valence-corrected chi connectivity index (χ4v) is 0.934. The topological polar surface area (TPSA) is 28.7 Å². The van der Waals surface area contributed by atoms with Crippen molar-refractivity contribution in [3.63, 3.8) is 0 Å². The average Bonchev–Trinajstić information content (AvgIpc) is 2.32. The van der Waals surface area contributed by atoms with Crippen LogP contribution < -0.4 is 0 Å². The van der Waals surface area contributed by atoms with Gasteiger partial charge in [0.1, 0.15) is 0 Å². The zero-order valence-electron chi connectivity index (χ0n) is 7.52. The first-order valence-electron chi connectivity index (χ1n) is 4.06. The zero-order chi connectivity index (χ0) is 8.32. The summed E-state index contributed by atoms with van der Waals surface area (Å²) in [7, 11) is 0. The summed E-state index contributed by atoms with van der Waals surface area (Å²) in [5, 5.41) is 6.86. The molecule has 0 saturated heterocycles. The first-order chi connectivity index (χ1) is 5.08. The van der Waals surface area contributed by atoms with Crippen LogP contribution >= 0.6 is 0 Å². The summed E-state index contributed by atoms with van der Waals surface area (Å²) in [5.41, 5.74) is 1.66. The maximum atomic E-state index is 3.90. The minimum absolute atomic E-state index is 0.422. The van der Waals surface area contributed by atoms with E-state index in [4.69, 9.17) is 0 Å². The van der Waals surface area contributed by atoms with Crippen LogP contribution in [0.25, 0.3) is 0 Å². The molecule has 0 bridgehead atoms. The van der Waals surface area contributed by atoms with Crippen molar-refractivity contribution in [2.75, 3.05) is 0 Å². The van der Waals surface area contributed by atoms with Gasteiger partial charge in [-0.05, 0) is 24.3 Å². The van der Waals surface area contributed by atoms with Gasteiger partial charge in [0.15, 0.2) is 0 Å². The molecule has 0 aliphatic heterocycles. The number of rotatable bonds is 2. The molecule has 62 valence electrons. The molecule has 0 saturated carbocycles. The van der Waals surface area contributed by atoms with Crippen molar-refractivity contribution in [1.82, 2.24) is 10.2 Å². The van der Waals surface area contributed by atoms with E-state index in [1.165, 1.54) is 12.1 Å². The Morgan fingerprint density at radius 1 is 1.45 bits per heavy atom. The molecule has 0 fully saturated rings. The van der Waals surface area contributed by atoms with Gasteiger partial charge in [-0.15, -0.1) is 0 Å². The van der Waals surface area contributed by atoms with Gasteiger partial charge in [0.25, 0.3) is 0 Å². The SMILES string of the molecule is CC(C)(C)CCc1ccn[nH]1. The second kappa shape index (κ2) is 3.07. The first-order valence-corrected chi connectivity index (χ1v) is 4.06. The van der Waals surface area contributed by atoms with Crippen LogP contribution in [-0.2, 0) is 6.42 Å². The third-order valence-electron chi connectivity index (χ3n) is 1.70. The van der Waals surface area contributed by atoms with E-state index in [9.17, 15) is 0 Å². The molecular weight excluding hydrogens is 136 g/mol. The minimum Gasteiger partial charge on any atom is -0.283 e. The van der Waals surface area contributed by atoms with Gasteiger partial charge in [0.05, 0.1) is 0 Å². The maximum Gasteiger partial charge on any atom is 0.0490 e. The first kappa shape index (κ1) is 8.31. The molecule has 0 aromatic carbocycles. The summed E-state index contributed by atoms with van der Waals surface area (Å²) in [6.45, 7) is 6.76. The molecule has 1 N–H and O–H groups in total. The molecule has 0 spiro atoms. The molecule has 11 heavy (non-hydrogen) atoms. The Labute approximate surface area is 68.0 Å². The van der Waals surface area contributed by atoms with E-state index >= 15 is 0 Å². The zero-order valence-corrected chi connectivity index (χ0v) is 7.52. The molecule has 1 heterocycles. The summed E-state index contributed by atoms with van der Waals surface area (Å²) < 4.78 is 0. The number of H-pyrrole nitrogens is 1. The Balaban J connectivity index is 2.35. The van der Waals surface area contributed by atoms with E-state index in [0.717, 1.165) is 6.42 Å². The standard InChI is InChI=1S/C9H16N2/c1-9(2,3)6-4-8-5-7-10-11-8/h5,7H,4,6H2,1-3H3,(H,10,11). The van der Waals surface area contributed by atoms with Gasteiger partial charge in [0.2, 0.25) is 0 Å². The molecule has 0 atom stereocenters. The molecule has 1 aromatic heterocycles. The third-order valence-corrected chi connectivity index (χ3v) is 1.70. The predicted molar refractivity (Wildman–Crippen MR) is 46.4 cm³/mol. The molecule has 2 nitrogen and oxygen atoms in total. The lowest BCUT2D eigenvalue weighted by Gasteiger charge is -2.16. The Hall–Kier alpha value is -0.790. The van der Waals surface area contributed by atoms with Crippen LogP contribution in [-0.4, -0.2) is 10.2 Å². The van der Waals surface area contributed by atoms with Crippen molar-refractivity contribution in [2.45, 2.75) is 33.6 Å². The van der Waals surface area contributed by atoms with Crippen molar-refractivity contribution in [3.05, 3.63) is 18.0 Å². The lowest BCUT2D eigenvalue weighted by atomic mass is 9.90. The number of aromatic amines is 1. The smallest absolute Gasteiger partial charge is 0.0490 e. The van der Waals surface area contributed by atoms with Gasteiger partial charge in [-0.25, -0.2) is 0 Å². The summed E-state index contributed by atoms with van der Waals surface area (Å²) in [6.07, 6.45) is 4.11. The van der Waals surface area contributed by atoms with Gasteiger partial charge >= 0.3 is 0 Å². The van der Waals surface area contributed by atoms with Gasteiger partial charge in [-0.2, -0.15) is 5.10 Å². The fourth-order valence-electron chi connectivity index (χ4n) is 0.934. The number of hydrogen-bond acceptors (Lipinski definition) is 1. The highest BCUT2D eigenvalue weighted by Gasteiger charge is 2.09. The van der Waals surface area contributed by atoms with Crippen LogP contribution in [0.15, 0.2) is 12.3 Å². The minimum atomic E-state index is 0.422. The molecule has 2 heteroatoms. The normalized spacial score (nSPS) is 11.9. The van der Waals surface area contributed by atoms with E-state index in [2.05, 4.69) is 31.0 Å². The van der Waals surface area contributed by atoms with Crippen LogP contribution in [0.4, 0.5) is 0 Å². The van der Waals surface area contributed by atoms with Crippen LogP contribution in [0.3, 0.4) is 0 Å². The number of nitrogens with zero attached hydrogens (tertiary/aromatic N) is 1. The highest BCUT2D eigenvalue weighted by Crippen LogP contribution is 2.20. The quantitative estimate of drug-likeness (QED) is 0.692. The summed E-state index contributed by atoms with van der Waals surface area (Å²) in [6, 6.07) is 2.03. The molecule has 1 aromatic rings. The van der Waals surface area contributed by atoms with Crippen molar-refractivity contribution in [2.24, 2.45) is 5.41 Å². The van der Waals surface area contributed by atoms with Crippen LogP contribution in [0, 0.1) is 5.41 Å². The van der Waals surface area contributed by atoms with E-state index in [-0.39, 0.29) is 0 Å². The van der Waals surface area contributed by atoms with Crippen LogP contribution in [0.1, 0.15) is 32.9 Å². The Morgan fingerprint density at radius 3 is 2.64 bits per heavy atom. The van der Waals surface area contributed by atoms with Crippen molar-refractivity contribution in [3.8, 4) is 0 Å². The third kappa shape index (κ3) is 3.21. The average molecular weight is 152 g/mol. The van der Waals surface area contributed by atoms with Gasteiger partial charge in [-0.3, -0.25) is 5.10 Å². The van der Waals surface area contributed by atoms with Gasteiger partial charge in [-0.1, -0.05) is 20.8 Å². The van der Waals surface area contributed by atoms with Gasteiger partial charge in [0, 0.05) is 11.9 Å². The second-order valence-corrected chi connectivity index (χ2v) is 4.14. The lowest BCUT2D eigenvalue weighted by Crippen LogP contribution is -2.06. The van der Waals surface area contributed by atoms with E-state index in [1.807, 2.05) is 6.07 Å². The summed E-state index contributed by atoms with van der Waals surface area (Å²) in [4.78, 5) is 0. The fraction of sp³-hybridized carbons (Fsp3) is 0.667. The Morgan fingerprint density at radius 2 is 2.18 bits per heavy atom. The van der Waals surface area contributed by atoms with Crippen molar-refractivity contribution in [1.29, 1.82) is 0 Å². The van der Waals surface area contributed by atoms with Crippen molar-refractivity contribution < 1.29 is 0 Å². The summed E-state index contributed by atoms with van der Waals surface area (Å²) >= 11 is 0. The largest absolute Gasteiger partial charge is 0.283 e. The molecule has 0 aliphatic rings. The highest BCUT2D eigenvalue weighted by molar-refractivity contribution is 4.97. The van der Waals surface area contributed by atoms with Crippen LogP contribution in [0.2, 0.25) is 0 Å². The highest BCUT2D eigenvalue weighted by atomic mass is 15.1. The molecule has 1 rings (SSSR count). The van der Waals surface area contributed by atoms with Gasteiger partial charge < -0.3 is 0 Å². The maximum absolute atomic E-state index is 3.90. The van der Waals surface area contributed by atoms with Crippen LogP contribution in [0.5, 0.6) is 0 Å². The lowest BCUT2D eigenvalue weighted by molar-refractivity contribution is 0.376. The monoisotopic (exact) mass is 152 g/mol.